The summed E-state index contributed by atoms with van der Waals surface area (Å²) in [6.45, 7) is -0.464. The standard InChI is InChI=1S/C18H19F2NO/c19-11-13-21-17-7-3-15(4-8-17)1-2-16-5-9-18(10-6-16)22-14-12-20/h1-10,21H,11-14H2. The molecule has 0 amide bonds. The number of benzene rings is 2. The number of rotatable bonds is 8. The highest BCUT2D eigenvalue weighted by Gasteiger charge is 1.94. The molecule has 0 saturated heterocycles. The number of halogens is 2. The molecule has 0 aliphatic rings. The normalized spacial score (nSPS) is 10.8. The van der Waals surface area contributed by atoms with Crippen LogP contribution in [-0.4, -0.2) is 26.5 Å². The number of hydrogen-bond donors (Lipinski definition) is 1. The molecule has 116 valence electrons. The van der Waals surface area contributed by atoms with Gasteiger partial charge in [-0.25, -0.2) is 8.78 Å². The smallest absolute Gasteiger partial charge is 0.123 e. The first-order valence-corrected chi connectivity index (χ1v) is 7.18. The number of hydrogen-bond acceptors (Lipinski definition) is 2. The molecule has 22 heavy (non-hydrogen) atoms. The molecule has 2 nitrogen and oxygen atoms in total. The van der Waals surface area contributed by atoms with Gasteiger partial charge in [-0.1, -0.05) is 36.4 Å². The van der Waals surface area contributed by atoms with Gasteiger partial charge in [0.15, 0.2) is 0 Å². The van der Waals surface area contributed by atoms with Gasteiger partial charge in [-0.2, -0.15) is 0 Å². The van der Waals surface area contributed by atoms with Crippen molar-refractivity contribution in [2.75, 3.05) is 31.8 Å². The predicted octanol–water partition coefficient (Wildman–Crippen LogP) is 4.59. The van der Waals surface area contributed by atoms with Crippen LogP contribution in [0.5, 0.6) is 5.75 Å². The van der Waals surface area contributed by atoms with Gasteiger partial charge in [-0.05, 0) is 35.4 Å². The van der Waals surface area contributed by atoms with Crippen LogP contribution in [0.4, 0.5) is 14.5 Å². The first kappa shape index (κ1) is 16.0. The third-order valence-corrected chi connectivity index (χ3v) is 3.03. The maximum atomic E-state index is 12.1. The summed E-state index contributed by atoms with van der Waals surface area (Å²) >= 11 is 0. The van der Waals surface area contributed by atoms with Crippen LogP contribution in [0.1, 0.15) is 11.1 Å². The fourth-order valence-electron chi connectivity index (χ4n) is 1.93. The van der Waals surface area contributed by atoms with Gasteiger partial charge in [-0.15, -0.1) is 0 Å². The maximum absolute atomic E-state index is 12.1. The summed E-state index contributed by atoms with van der Waals surface area (Å²) < 4.78 is 29.3. The zero-order valence-corrected chi connectivity index (χ0v) is 12.3. The van der Waals surface area contributed by atoms with E-state index < -0.39 is 6.67 Å². The third kappa shape index (κ3) is 5.20. The average Bonchev–Trinajstić information content (AvgIpc) is 2.58. The predicted molar refractivity (Wildman–Crippen MR) is 87.7 cm³/mol. The number of anilines is 1. The molecule has 0 atom stereocenters. The molecule has 2 aromatic carbocycles. The van der Waals surface area contributed by atoms with E-state index in [1.165, 1.54) is 0 Å². The van der Waals surface area contributed by atoms with Gasteiger partial charge in [-0.3, -0.25) is 0 Å². The van der Waals surface area contributed by atoms with Crippen molar-refractivity contribution in [2.24, 2.45) is 0 Å². The average molecular weight is 303 g/mol. The molecule has 2 aromatic rings. The minimum Gasteiger partial charge on any atom is -0.491 e. The molecule has 2 rings (SSSR count). The lowest BCUT2D eigenvalue weighted by molar-refractivity contribution is 0.273. The minimum absolute atomic E-state index is 0.0813. The second-order valence-corrected chi connectivity index (χ2v) is 4.68. The monoisotopic (exact) mass is 303 g/mol. The molecule has 0 heterocycles. The van der Waals surface area contributed by atoms with Gasteiger partial charge in [0.1, 0.15) is 25.7 Å². The highest BCUT2D eigenvalue weighted by Crippen LogP contribution is 2.16. The molecule has 4 heteroatoms. The van der Waals surface area contributed by atoms with E-state index in [-0.39, 0.29) is 13.3 Å². The summed E-state index contributed by atoms with van der Waals surface area (Å²) in [5.41, 5.74) is 3.00. The van der Waals surface area contributed by atoms with Crippen LogP contribution in [0.3, 0.4) is 0 Å². The largest absolute Gasteiger partial charge is 0.491 e. The van der Waals surface area contributed by atoms with Crippen LogP contribution in [0.2, 0.25) is 0 Å². The van der Waals surface area contributed by atoms with Crippen molar-refractivity contribution in [3.8, 4) is 5.75 Å². The van der Waals surface area contributed by atoms with E-state index >= 15 is 0 Å². The van der Waals surface area contributed by atoms with Gasteiger partial charge >= 0.3 is 0 Å². The Morgan fingerprint density at radius 1 is 0.818 bits per heavy atom. The van der Waals surface area contributed by atoms with E-state index in [1.54, 1.807) is 0 Å². The zero-order valence-electron chi connectivity index (χ0n) is 12.3. The molecule has 0 aromatic heterocycles. The Kier molecular flexibility index (Phi) is 6.42. The number of alkyl halides is 2. The van der Waals surface area contributed by atoms with Crippen molar-refractivity contribution < 1.29 is 13.5 Å². The summed E-state index contributed by atoms with van der Waals surface area (Å²) in [6.07, 6.45) is 3.99. The van der Waals surface area contributed by atoms with E-state index in [1.807, 2.05) is 60.7 Å². The quantitative estimate of drug-likeness (QED) is 0.720. The second-order valence-electron chi connectivity index (χ2n) is 4.68. The van der Waals surface area contributed by atoms with Gasteiger partial charge < -0.3 is 10.1 Å². The van der Waals surface area contributed by atoms with Crippen LogP contribution in [0, 0.1) is 0 Å². The SMILES string of the molecule is FCCNc1ccc(C=Cc2ccc(OCCF)cc2)cc1. The van der Waals surface area contributed by atoms with Crippen molar-refractivity contribution in [3.63, 3.8) is 0 Å². The van der Waals surface area contributed by atoms with Crippen LogP contribution in [0.15, 0.2) is 48.5 Å². The summed E-state index contributed by atoms with van der Waals surface area (Å²) in [6, 6.07) is 15.2. The summed E-state index contributed by atoms with van der Waals surface area (Å²) in [5, 5.41) is 2.98. The maximum Gasteiger partial charge on any atom is 0.123 e. The molecule has 0 spiro atoms. The zero-order chi connectivity index (χ0) is 15.6. The lowest BCUT2D eigenvalue weighted by Gasteiger charge is -2.04. The Bertz CT molecular complexity index is 526. The Morgan fingerprint density at radius 3 is 1.95 bits per heavy atom. The molecular weight excluding hydrogens is 284 g/mol. The second kappa shape index (κ2) is 8.82. The van der Waals surface area contributed by atoms with Crippen molar-refractivity contribution in [3.05, 3.63) is 59.7 Å². The van der Waals surface area contributed by atoms with E-state index in [4.69, 9.17) is 4.74 Å². The Balaban J connectivity index is 1.93. The van der Waals surface area contributed by atoms with E-state index in [9.17, 15) is 8.78 Å². The van der Waals surface area contributed by atoms with E-state index in [2.05, 4.69) is 5.32 Å². The molecule has 0 radical (unpaired) electrons. The van der Waals surface area contributed by atoms with E-state index in [0.717, 1.165) is 16.8 Å². The van der Waals surface area contributed by atoms with Gasteiger partial charge in [0.2, 0.25) is 0 Å². The Labute approximate surface area is 129 Å². The van der Waals surface area contributed by atoms with Crippen LogP contribution in [-0.2, 0) is 0 Å². The van der Waals surface area contributed by atoms with Crippen molar-refractivity contribution in [1.29, 1.82) is 0 Å². The molecule has 1 N–H and O–H groups in total. The molecule has 0 bridgehead atoms. The topological polar surface area (TPSA) is 21.3 Å². The number of nitrogens with one attached hydrogen (secondary N) is 1. The first-order chi connectivity index (χ1) is 10.8. The highest BCUT2D eigenvalue weighted by atomic mass is 19.1. The number of ether oxygens (including phenoxy) is 1. The van der Waals surface area contributed by atoms with Crippen LogP contribution in [0.25, 0.3) is 12.2 Å². The van der Waals surface area contributed by atoms with Gasteiger partial charge in [0.25, 0.3) is 0 Å². The van der Waals surface area contributed by atoms with Crippen molar-refractivity contribution in [2.45, 2.75) is 0 Å². The summed E-state index contributed by atoms with van der Waals surface area (Å²) in [7, 11) is 0. The lowest BCUT2D eigenvalue weighted by atomic mass is 10.1. The van der Waals surface area contributed by atoms with Crippen LogP contribution < -0.4 is 10.1 Å². The van der Waals surface area contributed by atoms with E-state index in [0.29, 0.717) is 12.3 Å². The molecule has 0 aliphatic heterocycles. The third-order valence-electron chi connectivity index (χ3n) is 3.03. The molecule has 0 fully saturated rings. The molecule has 0 aliphatic carbocycles. The van der Waals surface area contributed by atoms with Crippen molar-refractivity contribution >= 4 is 17.8 Å². The fraction of sp³-hybridized carbons (Fsp3) is 0.222. The molecule has 0 saturated carbocycles. The Morgan fingerprint density at radius 2 is 1.41 bits per heavy atom. The van der Waals surface area contributed by atoms with Gasteiger partial charge in [0, 0.05) is 12.2 Å². The molecular formula is C18H19F2NO. The minimum atomic E-state index is -0.488. The Hall–Kier alpha value is -2.36. The molecule has 0 unspecified atom stereocenters. The first-order valence-electron chi connectivity index (χ1n) is 7.18. The summed E-state index contributed by atoms with van der Waals surface area (Å²) in [5.74, 6) is 0.665. The lowest BCUT2D eigenvalue weighted by Crippen LogP contribution is -2.02. The van der Waals surface area contributed by atoms with Gasteiger partial charge in [0.05, 0.1) is 0 Å². The van der Waals surface area contributed by atoms with Crippen LogP contribution >= 0.6 is 0 Å². The fourth-order valence-corrected chi connectivity index (χ4v) is 1.93. The van der Waals surface area contributed by atoms with Crippen molar-refractivity contribution in [1.82, 2.24) is 0 Å². The highest BCUT2D eigenvalue weighted by molar-refractivity contribution is 5.70. The summed E-state index contributed by atoms with van der Waals surface area (Å²) in [4.78, 5) is 0.